The Hall–Kier alpha value is -3.85. The van der Waals surface area contributed by atoms with Crippen molar-refractivity contribution in [2.45, 2.75) is 32.4 Å². The first-order valence-electron chi connectivity index (χ1n) is 11.0. The molecule has 33 heavy (non-hydrogen) atoms. The van der Waals surface area contributed by atoms with Gasteiger partial charge in [-0.1, -0.05) is 25.1 Å². The maximum Gasteiger partial charge on any atom is 0.203 e. The predicted molar refractivity (Wildman–Crippen MR) is 124 cm³/mol. The molecule has 1 saturated heterocycles. The molecular formula is C24H25N7O2. The number of hydrogen-bond donors (Lipinski definition) is 1. The highest BCUT2D eigenvalue weighted by atomic mass is 16.5. The second kappa shape index (κ2) is 8.95. The minimum Gasteiger partial charge on any atom is -0.485 e. The summed E-state index contributed by atoms with van der Waals surface area (Å²) in [4.78, 5) is 21.6. The van der Waals surface area contributed by atoms with Crippen LogP contribution in [0, 0.1) is 0 Å². The van der Waals surface area contributed by atoms with E-state index >= 15 is 0 Å². The molecule has 1 aliphatic rings. The van der Waals surface area contributed by atoms with E-state index in [1.165, 1.54) is 0 Å². The maximum atomic E-state index is 12.6. The van der Waals surface area contributed by atoms with Crippen LogP contribution < -0.4 is 15.5 Å². The number of nitrogens with zero attached hydrogens (tertiary/aromatic N) is 6. The third-order valence-corrected chi connectivity index (χ3v) is 5.77. The molecule has 0 saturated carbocycles. The molecule has 0 radical (unpaired) electrons. The molecule has 0 aliphatic carbocycles. The van der Waals surface area contributed by atoms with Gasteiger partial charge in [0.1, 0.15) is 17.5 Å². The van der Waals surface area contributed by atoms with Crippen LogP contribution in [0.3, 0.4) is 0 Å². The average Bonchev–Trinajstić information content (AvgIpc) is 3.31. The molecule has 4 aromatic rings. The summed E-state index contributed by atoms with van der Waals surface area (Å²) in [6, 6.07) is 9.44. The second-order valence-electron chi connectivity index (χ2n) is 8.05. The molecule has 4 heterocycles. The Morgan fingerprint density at radius 1 is 1.18 bits per heavy atom. The van der Waals surface area contributed by atoms with Crippen LogP contribution in [0.25, 0.3) is 17.1 Å². The van der Waals surface area contributed by atoms with E-state index in [9.17, 15) is 4.79 Å². The van der Waals surface area contributed by atoms with Crippen LogP contribution in [-0.2, 0) is 6.54 Å². The van der Waals surface area contributed by atoms with Gasteiger partial charge in [0, 0.05) is 43.4 Å². The highest BCUT2D eigenvalue weighted by Crippen LogP contribution is 2.25. The molecule has 1 aromatic carbocycles. The summed E-state index contributed by atoms with van der Waals surface area (Å²) >= 11 is 0. The molecule has 0 amide bonds. The number of ether oxygens (including phenoxy) is 1. The second-order valence-corrected chi connectivity index (χ2v) is 8.05. The first-order chi connectivity index (χ1) is 16.1. The lowest BCUT2D eigenvalue weighted by Gasteiger charge is -2.27. The number of aromatic nitrogens is 6. The van der Waals surface area contributed by atoms with Gasteiger partial charge in [-0.2, -0.15) is 10.2 Å². The molecule has 1 fully saturated rings. The summed E-state index contributed by atoms with van der Waals surface area (Å²) in [5, 5.41) is 12.1. The normalized spacial score (nSPS) is 14.6. The lowest BCUT2D eigenvalue weighted by molar-refractivity contribution is 0.141. The van der Waals surface area contributed by atoms with E-state index in [1.807, 2.05) is 49.0 Å². The molecular weight excluding hydrogens is 418 g/mol. The summed E-state index contributed by atoms with van der Waals surface area (Å²) in [6.45, 7) is 6.46. The van der Waals surface area contributed by atoms with E-state index in [0.717, 1.165) is 36.4 Å². The van der Waals surface area contributed by atoms with Gasteiger partial charge in [-0.05, 0) is 18.6 Å². The van der Waals surface area contributed by atoms with Crippen LogP contribution in [0.15, 0.2) is 66.1 Å². The van der Waals surface area contributed by atoms with E-state index in [1.54, 1.807) is 35.5 Å². The fourth-order valence-electron chi connectivity index (χ4n) is 3.68. The Morgan fingerprint density at radius 3 is 2.70 bits per heavy atom. The van der Waals surface area contributed by atoms with Crippen LogP contribution in [0.1, 0.15) is 31.0 Å². The van der Waals surface area contributed by atoms with Crippen molar-refractivity contribution in [3.8, 4) is 22.8 Å². The van der Waals surface area contributed by atoms with Crippen LogP contribution in [-0.4, -0.2) is 48.7 Å². The smallest absolute Gasteiger partial charge is 0.203 e. The Kier molecular flexibility index (Phi) is 5.70. The largest absolute Gasteiger partial charge is 0.485 e. The fraction of sp³-hybridized carbons (Fsp3) is 0.292. The summed E-state index contributed by atoms with van der Waals surface area (Å²) in [7, 11) is 0. The summed E-state index contributed by atoms with van der Waals surface area (Å²) in [5.74, 6) is 1.06. The van der Waals surface area contributed by atoms with Crippen molar-refractivity contribution < 1.29 is 4.74 Å². The van der Waals surface area contributed by atoms with Crippen molar-refractivity contribution in [2.75, 3.05) is 13.1 Å². The Morgan fingerprint density at radius 2 is 2.00 bits per heavy atom. The maximum absolute atomic E-state index is 12.6. The standard InChI is InChI=1S/C24H25N7O2/c1-3-30-15-19(10-28-30)31-8-7-22(32)23(29-31)16(2)17-5-4-6-18(9-17)24-26-13-21(14-27-24)33-20-11-25-12-20/h4-10,13-16,20,25H,3,11-12H2,1-2H3. The molecule has 1 N–H and O–H groups in total. The quantitative estimate of drug-likeness (QED) is 0.468. The lowest BCUT2D eigenvalue weighted by Crippen LogP contribution is -2.50. The Bertz CT molecular complexity index is 1310. The van der Waals surface area contributed by atoms with Crippen molar-refractivity contribution in [1.82, 2.24) is 34.8 Å². The molecule has 1 aliphatic heterocycles. The molecule has 1 unspecified atom stereocenters. The zero-order valence-electron chi connectivity index (χ0n) is 18.5. The van der Waals surface area contributed by atoms with E-state index in [2.05, 4.69) is 25.5 Å². The number of rotatable bonds is 7. The zero-order chi connectivity index (χ0) is 22.8. The molecule has 5 rings (SSSR count). The summed E-state index contributed by atoms with van der Waals surface area (Å²) in [6.07, 6.45) is 8.89. The molecule has 3 aromatic heterocycles. The molecule has 168 valence electrons. The van der Waals surface area contributed by atoms with E-state index in [0.29, 0.717) is 17.3 Å². The number of benzene rings is 1. The van der Waals surface area contributed by atoms with Crippen LogP contribution in [0.5, 0.6) is 5.75 Å². The van der Waals surface area contributed by atoms with E-state index in [-0.39, 0.29) is 17.5 Å². The first kappa shape index (κ1) is 21.0. The molecule has 0 spiro atoms. The van der Waals surface area contributed by atoms with Crippen molar-refractivity contribution in [1.29, 1.82) is 0 Å². The van der Waals surface area contributed by atoms with Crippen LogP contribution in [0.2, 0.25) is 0 Å². The Balaban J connectivity index is 1.40. The van der Waals surface area contributed by atoms with Crippen molar-refractivity contribution >= 4 is 0 Å². The van der Waals surface area contributed by atoms with Crippen molar-refractivity contribution in [3.63, 3.8) is 0 Å². The minimum absolute atomic E-state index is 0.102. The highest BCUT2D eigenvalue weighted by Gasteiger charge is 2.19. The van der Waals surface area contributed by atoms with E-state index < -0.39 is 0 Å². The highest BCUT2D eigenvalue weighted by molar-refractivity contribution is 5.57. The van der Waals surface area contributed by atoms with E-state index in [4.69, 9.17) is 4.74 Å². The molecule has 9 heteroatoms. The number of nitrogens with one attached hydrogen (secondary N) is 1. The van der Waals surface area contributed by atoms with Gasteiger partial charge in [0.05, 0.1) is 24.8 Å². The van der Waals surface area contributed by atoms with Crippen LogP contribution in [0.4, 0.5) is 0 Å². The van der Waals surface area contributed by atoms with Gasteiger partial charge in [-0.15, -0.1) is 0 Å². The summed E-state index contributed by atoms with van der Waals surface area (Å²) in [5.41, 5.74) is 3.01. The first-order valence-corrected chi connectivity index (χ1v) is 11.0. The molecule has 1 atom stereocenters. The fourth-order valence-corrected chi connectivity index (χ4v) is 3.68. The SMILES string of the molecule is CCn1cc(-n2ccc(=O)c(C(C)c3cccc(-c4ncc(OC5CNC5)cn4)c3)n2)cn1. The third-order valence-electron chi connectivity index (χ3n) is 5.77. The molecule has 9 nitrogen and oxygen atoms in total. The van der Waals surface area contributed by atoms with Gasteiger partial charge in [0.25, 0.3) is 0 Å². The topological polar surface area (TPSA) is 99.8 Å². The summed E-state index contributed by atoms with van der Waals surface area (Å²) < 4.78 is 9.30. The van der Waals surface area contributed by atoms with Gasteiger partial charge in [-0.3, -0.25) is 9.48 Å². The van der Waals surface area contributed by atoms with Gasteiger partial charge in [-0.25, -0.2) is 14.6 Å². The number of aryl methyl sites for hydroxylation is 1. The monoisotopic (exact) mass is 443 g/mol. The number of hydrogen-bond acceptors (Lipinski definition) is 7. The van der Waals surface area contributed by atoms with Crippen molar-refractivity contribution in [2.24, 2.45) is 0 Å². The van der Waals surface area contributed by atoms with Gasteiger partial charge in [0.2, 0.25) is 5.43 Å². The zero-order valence-corrected chi connectivity index (χ0v) is 18.5. The average molecular weight is 444 g/mol. The van der Waals surface area contributed by atoms with Gasteiger partial charge in [0.15, 0.2) is 11.6 Å². The van der Waals surface area contributed by atoms with Gasteiger partial charge >= 0.3 is 0 Å². The van der Waals surface area contributed by atoms with Crippen LogP contribution >= 0.6 is 0 Å². The Labute approximate surface area is 191 Å². The minimum atomic E-state index is -0.208. The van der Waals surface area contributed by atoms with Crippen molar-refractivity contribution in [3.05, 3.63) is 82.8 Å². The lowest BCUT2D eigenvalue weighted by atomic mass is 9.95. The third kappa shape index (κ3) is 4.40. The predicted octanol–water partition coefficient (Wildman–Crippen LogP) is 2.41. The van der Waals surface area contributed by atoms with Gasteiger partial charge < -0.3 is 10.1 Å². The molecule has 0 bridgehead atoms.